The first-order valence-corrected chi connectivity index (χ1v) is 5.28. The van der Waals surface area contributed by atoms with Gasteiger partial charge < -0.3 is 10.6 Å². The lowest BCUT2D eigenvalue weighted by Crippen LogP contribution is -2.45. The number of amides is 1. The fourth-order valence-corrected chi connectivity index (χ4v) is 1.75. The average Bonchev–Trinajstić information content (AvgIpc) is 2.31. The van der Waals surface area contributed by atoms with Gasteiger partial charge in [-0.3, -0.25) is 9.78 Å². The fourth-order valence-electron chi connectivity index (χ4n) is 1.75. The summed E-state index contributed by atoms with van der Waals surface area (Å²) in [6.45, 7) is 1.93. The molecule has 4 nitrogen and oxygen atoms in total. The van der Waals surface area contributed by atoms with E-state index in [0.29, 0.717) is 5.56 Å². The minimum Gasteiger partial charge on any atom is -0.348 e. The minimum atomic E-state index is -0.00824. The first-order chi connectivity index (χ1) is 7.36. The second-order valence-electron chi connectivity index (χ2n) is 3.75. The Balaban J connectivity index is 1.91. The molecule has 0 unspecified atom stereocenters. The molecule has 1 amide bonds. The van der Waals surface area contributed by atoms with Gasteiger partial charge in [0.2, 0.25) is 0 Å². The van der Waals surface area contributed by atoms with E-state index in [1.54, 1.807) is 24.5 Å². The predicted octanol–water partition coefficient (Wildman–Crippen LogP) is 0.563. The van der Waals surface area contributed by atoms with Crippen LogP contribution in [0.15, 0.2) is 24.5 Å². The first-order valence-electron chi connectivity index (χ1n) is 5.28. The van der Waals surface area contributed by atoms with E-state index in [2.05, 4.69) is 15.6 Å². The molecular weight excluding hydrogens is 190 g/mol. The van der Waals surface area contributed by atoms with Gasteiger partial charge in [-0.25, -0.2) is 0 Å². The van der Waals surface area contributed by atoms with Gasteiger partial charge in [-0.15, -0.1) is 0 Å². The van der Waals surface area contributed by atoms with E-state index in [1.807, 2.05) is 0 Å². The van der Waals surface area contributed by atoms with Crippen LogP contribution < -0.4 is 10.6 Å². The van der Waals surface area contributed by atoms with Gasteiger partial charge >= 0.3 is 0 Å². The predicted molar refractivity (Wildman–Crippen MR) is 57.6 cm³/mol. The van der Waals surface area contributed by atoms with Crippen molar-refractivity contribution < 1.29 is 4.79 Å². The van der Waals surface area contributed by atoms with Crippen molar-refractivity contribution in [3.8, 4) is 0 Å². The number of piperidine rings is 1. The SMILES string of the molecule is O=C(N[C@@H]1CCCNC1)c1ccncc1. The molecule has 0 spiro atoms. The highest BCUT2D eigenvalue weighted by atomic mass is 16.1. The van der Waals surface area contributed by atoms with E-state index in [0.717, 1.165) is 25.9 Å². The van der Waals surface area contributed by atoms with Gasteiger partial charge in [-0.1, -0.05) is 0 Å². The van der Waals surface area contributed by atoms with Crippen LogP contribution in [0.5, 0.6) is 0 Å². The maximum Gasteiger partial charge on any atom is 0.251 e. The number of carbonyl (C=O) groups is 1. The Morgan fingerprint density at radius 1 is 1.47 bits per heavy atom. The molecule has 1 atom stereocenters. The number of carbonyl (C=O) groups excluding carboxylic acids is 1. The number of aromatic nitrogens is 1. The standard InChI is InChI=1S/C11H15N3O/c15-11(9-3-6-12-7-4-9)14-10-2-1-5-13-8-10/h3-4,6-7,10,13H,1-2,5,8H2,(H,14,15)/t10-/m1/s1. The Morgan fingerprint density at radius 3 is 2.93 bits per heavy atom. The van der Waals surface area contributed by atoms with Crippen LogP contribution in [0.2, 0.25) is 0 Å². The van der Waals surface area contributed by atoms with Crippen molar-refractivity contribution in [2.45, 2.75) is 18.9 Å². The average molecular weight is 205 g/mol. The highest BCUT2D eigenvalue weighted by Gasteiger charge is 2.15. The Kier molecular flexibility index (Phi) is 3.29. The lowest BCUT2D eigenvalue weighted by atomic mass is 10.1. The third kappa shape index (κ3) is 2.76. The smallest absolute Gasteiger partial charge is 0.251 e. The van der Waals surface area contributed by atoms with Crippen LogP contribution in [-0.4, -0.2) is 30.0 Å². The van der Waals surface area contributed by atoms with Gasteiger partial charge in [0.05, 0.1) is 0 Å². The van der Waals surface area contributed by atoms with Gasteiger partial charge in [0.15, 0.2) is 0 Å². The second kappa shape index (κ2) is 4.89. The van der Waals surface area contributed by atoms with Crippen molar-refractivity contribution >= 4 is 5.91 Å². The Bertz CT molecular complexity index is 320. The maximum absolute atomic E-state index is 11.7. The van der Waals surface area contributed by atoms with Crippen molar-refractivity contribution in [2.75, 3.05) is 13.1 Å². The van der Waals surface area contributed by atoms with Crippen molar-refractivity contribution in [1.82, 2.24) is 15.6 Å². The molecule has 0 aliphatic carbocycles. The maximum atomic E-state index is 11.7. The normalized spacial score (nSPS) is 20.9. The molecule has 1 aliphatic heterocycles. The molecule has 80 valence electrons. The molecule has 1 aliphatic rings. The van der Waals surface area contributed by atoms with Crippen LogP contribution in [0.4, 0.5) is 0 Å². The van der Waals surface area contributed by atoms with Crippen LogP contribution in [0.25, 0.3) is 0 Å². The molecule has 1 aromatic heterocycles. The number of pyridine rings is 1. The van der Waals surface area contributed by atoms with Gasteiger partial charge in [0, 0.05) is 30.5 Å². The quantitative estimate of drug-likeness (QED) is 0.742. The van der Waals surface area contributed by atoms with Crippen LogP contribution in [0.1, 0.15) is 23.2 Å². The number of nitrogens with zero attached hydrogens (tertiary/aromatic N) is 1. The summed E-state index contributed by atoms with van der Waals surface area (Å²) in [7, 11) is 0. The highest BCUT2D eigenvalue weighted by Crippen LogP contribution is 2.03. The molecule has 0 bridgehead atoms. The summed E-state index contributed by atoms with van der Waals surface area (Å²) in [6, 6.07) is 3.72. The van der Waals surface area contributed by atoms with Crippen molar-refractivity contribution in [1.29, 1.82) is 0 Å². The Hall–Kier alpha value is -1.42. The van der Waals surface area contributed by atoms with E-state index in [9.17, 15) is 4.79 Å². The van der Waals surface area contributed by atoms with E-state index in [-0.39, 0.29) is 11.9 Å². The van der Waals surface area contributed by atoms with Crippen molar-refractivity contribution in [2.24, 2.45) is 0 Å². The number of nitrogens with one attached hydrogen (secondary N) is 2. The summed E-state index contributed by atoms with van der Waals surface area (Å²) in [6.07, 6.45) is 5.45. The summed E-state index contributed by atoms with van der Waals surface area (Å²) in [5.41, 5.74) is 0.676. The van der Waals surface area contributed by atoms with E-state index in [4.69, 9.17) is 0 Å². The molecule has 0 radical (unpaired) electrons. The minimum absolute atomic E-state index is 0.00824. The zero-order chi connectivity index (χ0) is 10.5. The van der Waals surface area contributed by atoms with Crippen molar-refractivity contribution in [3.63, 3.8) is 0 Å². The lowest BCUT2D eigenvalue weighted by Gasteiger charge is -2.23. The lowest BCUT2D eigenvalue weighted by molar-refractivity contribution is 0.0930. The summed E-state index contributed by atoms with van der Waals surface area (Å²) in [5, 5.41) is 6.27. The first kappa shape index (κ1) is 10.1. The van der Waals surface area contributed by atoms with Gasteiger partial charge in [-0.05, 0) is 31.5 Å². The molecule has 2 rings (SSSR count). The third-order valence-electron chi connectivity index (χ3n) is 2.57. The Morgan fingerprint density at radius 2 is 2.27 bits per heavy atom. The molecule has 2 N–H and O–H groups in total. The molecule has 15 heavy (non-hydrogen) atoms. The van der Waals surface area contributed by atoms with Crippen LogP contribution >= 0.6 is 0 Å². The van der Waals surface area contributed by atoms with Crippen LogP contribution in [-0.2, 0) is 0 Å². The monoisotopic (exact) mass is 205 g/mol. The molecule has 1 aromatic rings. The van der Waals surface area contributed by atoms with E-state index >= 15 is 0 Å². The fraction of sp³-hybridized carbons (Fsp3) is 0.455. The zero-order valence-electron chi connectivity index (χ0n) is 8.57. The number of hydrogen-bond acceptors (Lipinski definition) is 3. The molecular formula is C11H15N3O. The number of rotatable bonds is 2. The van der Waals surface area contributed by atoms with E-state index in [1.165, 1.54) is 0 Å². The summed E-state index contributed by atoms with van der Waals surface area (Å²) >= 11 is 0. The topological polar surface area (TPSA) is 54.0 Å². The largest absolute Gasteiger partial charge is 0.348 e. The molecule has 1 saturated heterocycles. The van der Waals surface area contributed by atoms with Gasteiger partial charge in [0.25, 0.3) is 5.91 Å². The molecule has 2 heterocycles. The zero-order valence-corrected chi connectivity index (χ0v) is 8.57. The molecule has 1 fully saturated rings. The van der Waals surface area contributed by atoms with Gasteiger partial charge in [0.1, 0.15) is 0 Å². The van der Waals surface area contributed by atoms with Crippen molar-refractivity contribution in [3.05, 3.63) is 30.1 Å². The van der Waals surface area contributed by atoms with E-state index < -0.39 is 0 Å². The van der Waals surface area contributed by atoms with Gasteiger partial charge in [-0.2, -0.15) is 0 Å². The summed E-state index contributed by atoms with van der Waals surface area (Å²) in [4.78, 5) is 15.6. The molecule has 0 saturated carbocycles. The third-order valence-corrected chi connectivity index (χ3v) is 2.57. The second-order valence-corrected chi connectivity index (χ2v) is 3.75. The van der Waals surface area contributed by atoms with Crippen LogP contribution in [0, 0.1) is 0 Å². The summed E-state index contributed by atoms with van der Waals surface area (Å²) < 4.78 is 0. The highest BCUT2D eigenvalue weighted by molar-refractivity contribution is 5.94. The molecule has 0 aromatic carbocycles. The molecule has 4 heteroatoms. The Labute approximate surface area is 89.1 Å². The number of hydrogen-bond donors (Lipinski definition) is 2. The van der Waals surface area contributed by atoms with Crippen LogP contribution in [0.3, 0.4) is 0 Å². The summed E-state index contributed by atoms with van der Waals surface area (Å²) in [5.74, 6) is -0.00824.